The summed E-state index contributed by atoms with van der Waals surface area (Å²) in [5.41, 5.74) is 3.91. The second kappa shape index (κ2) is 7.65. The van der Waals surface area contributed by atoms with E-state index in [-0.39, 0.29) is 11.7 Å². The Kier molecular flexibility index (Phi) is 5.03. The zero-order valence-electron chi connectivity index (χ0n) is 16.1. The van der Waals surface area contributed by atoms with E-state index < -0.39 is 0 Å². The molecule has 28 heavy (non-hydrogen) atoms. The van der Waals surface area contributed by atoms with Crippen molar-refractivity contribution in [3.8, 4) is 0 Å². The van der Waals surface area contributed by atoms with E-state index >= 15 is 0 Å². The molecule has 0 saturated carbocycles. The molecule has 0 unspecified atom stereocenters. The van der Waals surface area contributed by atoms with Crippen molar-refractivity contribution in [2.24, 2.45) is 0 Å². The van der Waals surface area contributed by atoms with Crippen LogP contribution in [0.1, 0.15) is 40.8 Å². The Bertz CT molecular complexity index is 1080. The van der Waals surface area contributed by atoms with Gasteiger partial charge in [-0.25, -0.2) is 4.98 Å². The van der Waals surface area contributed by atoms with E-state index in [0.717, 1.165) is 59.8 Å². The lowest BCUT2D eigenvalue weighted by molar-refractivity contribution is 0.0937. The molecular formula is C22H24N2O2S2. The van der Waals surface area contributed by atoms with Crippen LogP contribution in [0.3, 0.4) is 0 Å². The van der Waals surface area contributed by atoms with Crippen molar-refractivity contribution in [2.75, 3.05) is 6.61 Å². The molecule has 1 saturated heterocycles. The third-order valence-electron chi connectivity index (χ3n) is 5.65. The van der Waals surface area contributed by atoms with Crippen LogP contribution in [0.2, 0.25) is 0 Å². The third kappa shape index (κ3) is 3.42. The minimum Gasteiger partial charge on any atom is -0.376 e. The summed E-state index contributed by atoms with van der Waals surface area (Å²) >= 11 is 3.39. The molecule has 4 nitrogen and oxygen atoms in total. The van der Waals surface area contributed by atoms with Gasteiger partial charge in [0.1, 0.15) is 4.83 Å². The Balaban J connectivity index is 1.54. The minimum absolute atomic E-state index is 0.127. The van der Waals surface area contributed by atoms with Crippen molar-refractivity contribution in [2.45, 2.75) is 62.6 Å². The van der Waals surface area contributed by atoms with Gasteiger partial charge in [-0.2, -0.15) is 0 Å². The van der Waals surface area contributed by atoms with Gasteiger partial charge in [0.15, 0.2) is 5.16 Å². The first-order valence-corrected chi connectivity index (χ1v) is 11.8. The fourth-order valence-corrected chi connectivity index (χ4v) is 6.53. The quantitative estimate of drug-likeness (QED) is 0.449. The third-order valence-corrected chi connectivity index (χ3v) is 7.88. The number of thioether (sulfide) groups is 1. The highest BCUT2D eigenvalue weighted by atomic mass is 32.2. The van der Waals surface area contributed by atoms with Crippen molar-refractivity contribution in [3.63, 3.8) is 0 Å². The summed E-state index contributed by atoms with van der Waals surface area (Å²) in [4.78, 5) is 20.7. The molecule has 3 aromatic rings. The predicted octanol–water partition coefficient (Wildman–Crippen LogP) is 4.73. The standard InChI is InChI=1S/C22H24N2O2S2/c1-14-5-2-6-15(11-14)13-27-22-23-20-19(17-8-3-9-18(17)28-20)21(25)24(22)12-16-7-4-10-26-16/h2,5-6,11,16H,3-4,7-10,12-13H2,1H3/t16-/m1/s1. The van der Waals surface area contributed by atoms with Crippen molar-refractivity contribution < 1.29 is 4.74 Å². The average Bonchev–Trinajstić information content (AvgIpc) is 3.40. The summed E-state index contributed by atoms with van der Waals surface area (Å²) in [7, 11) is 0. The van der Waals surface area contributed by atoms with Crippen LogP contribution >= 0.6 is 23.1 Å². The van der Waals surface area contributed by atoms with Gasteiger partial charge in [0.05, 0.1) is 18.0 Å². The summed E-state index contributed by atoms with van der Waals surface area (Å²) < 4.78 is 7.73. The highest BCUT2D eigenvalue weighted by Crippen LogP contribution is 2.36. The maximum Gasteiger partial charge on any atom is 0.263 e. The summed E-state index contributed by atoms with van der Waals surface area (Å²) in [5, 5.41) is 1.70. The van der Waals surface area contributed by atoms with E-state index in [1.807, 2.05) is 4.57 Å². The van der Waals surface area contributed by atoms with Crippen LogP contribution in [0.25, 0.3) is 10.2 Å². The maximum absolute atomic E-state index is 13.5. The number of aryl methyl sites for hydroxylation is 3. The fourth-order valence-electron chi connectivity index (χ4n) is 4.27. The lowest BCUT2D eigenvalue weighted by Gasteiger charge is -2.16. The molecule has 0 radical (unpaired) electrons. The summed E-state index contributed by atoms with van der Waals surface area (Å²) in [6.07, 6.45) is 5.49. The van der Waals surface area contributed by atoms with Gasteiger partial charge in [-0.15, -0.1) is 11.3 Å². The number of ether oxygens (including phenoxy) is 1. The maximum atomic E-state index is 13.5. The Morgan fingerprint density at radius 2 is 2.25 bits per heavy atom. The largest absolute Gasteiger partial charge is 0.376 e. The second-order valence-corrected chi connectivity index (χ2v) is 9.79. The normalized spacial score (nSPS) is 18.8. The SMILES string of the molecule is Cc1cccc(CSc2nc3sc4c(c3c(=O)n2C[C@H]2CCCO2)CCC4)c1. The van der Waals surface area contributed by atoms with E-state index in [2.05, 4.69) is 31.2 Å². The van der Waals surface area contributed by atoms with Crippen LogP contribution < -0.4 is 5.56 Å². The first kappa shape index (κ1) is 18.4. The summed E-state index contributed by atoms with van der Waals surface area (Å²) in [6, 6.07) is 8.54. The van der Waals surface area contributed by atoms with Crippen molar-refractivity contribution in [3.05, 3.63) is 56.2 Å². The number of fused-ring (bicyclic) bond motifs is 3. The molecule has 0 amide bonds. The van der Waals surface area contributed by atoms with Crippen LogP contribution in [-0.4, -0.2) is 22.3 Å². The Labute approximate surface area is 172 Å². The van der Waals surface area contributed by atoms with E-state index in [9.17, 15) is 4.79 Å². The number of benzene rings is 1. The molecule has 6 heteroatoms. The lowest BCUT2D eigenvalue weighted by Crippen LogP contribution is -2.28. The molecule has 1 fully saturated rings. The summed E-state index contributed by atoms with van der Waals surface area (Å²) in [6.45, 7) is 3.52. The first-order chi connectivity index (χ1) is 13.7. The molecule has 1 atom stereocenters. The minimum atomic E-state index is 0.127. The number of nitrogens with zero attached hydrogens (tertiary/aromatic N) is 2. The van der Waals surface area contributed by atoms with Crippen LogP contribution in [0.5, 0.6) is 0 Å². The number of aromatic nitrogens is 2. The van der Waals surface area contributed by atoms with Crippen molar-refractivity contribution in [1.82, 2.24) is 9.55 Å². The predicted molar refractivity (Wildman–Crippen MR) is 116 cm³/mol. The Morgan fingerprint density at radius 3 is 3.07 bits per heavy atom. The van der Waals surface area contributed by atoms with Crippen molar-refractivity contribution >= 4 is 33.3 Å². The zero-order chi connectivity index (χ0) is 19.1. The molecule has 0 spiro atoms. The molecule has 0 N–H and O–H groups in total. The van der Waals surface area contributed by atoms with Crippen molar-refractivity contribution in [1.29, 1.82) is 0 Å². The molecule has 2 aliphatic rings. The van der Waals surface area contributed by atoms with Crippen LogP contribution in [0.4, 0.5) is 0 Å². The first-order valence-electron chi connectivity index (χ1n) is 10.0. The smallest absolute Gasteiger partial charge is 0.263 e. The van der Waals surface area contributed by atoms with Gasteiger partial charge in [-0.1, -0.05) is 41.6 Å². The van der Waals surface area contributed by atoms with Gasteiger partial charge in [0.2, 0.25) is 0 Å². The van der Waals surface area contributed by atoms with E-state index in [0.29, 0.717) is 6.54 Å². The molecule has 0 bridgehead atoms. The lowest BCUT2D eigenvalue weighted by atomic mass is 10.2. The number of thiophene rings is 1. The molecule has 1 aliphatic carbocycles. The van der Waals surface area contributed by atoms with Gasteiger partial charge in [0.25, 0.3) is 5.56 Å². The number of hydrogen-bond acceptors (Lipinski definition) is 5. The van der Waals surface area contributed by atoms with Gasteiger partial charge < -0.3 is 4.74 Å². The molecule has 146 valence electrons. The van der Waals surface area contributed by atoms with Gasteiger partial charge >= 0.3 is 0 Å². The van der Waals surface area contributed by atoms with Gasteiger partial charge in [0, 0.05) is 17.2 Å². The fraction of sp³-hybridized carbons (Fsp3) is 0.455. The van der Waals surface area contributed by atoms with E-state index in [1.165, 1.54) is 21.6 Å². The molecule has 2 aromatic heterocycles. The molecule has 1 aliphatic heterocycles. The second-order valence-electron chi connectivity index (χ2n) is 7.76. The monoisotopic (exact) mass is 412 g/mol. The highest BCUT2D eigenvalue weighted by molar-refractivity contribution is 7.98. The number of hydrogen-bond donors (Lipinski definition) is 0. The molecular weight excluding hydrogens is 388 g/mol. The van der Waals surface area contributed by atoms with Crippen LogP contribution in [0, 0.1) is 6.92 Å². The van der Waals surface area contributed by atoms with E-state index in [4.69, 9.17) is 9.72 Å². The van der Waals surface area contributed by atoms with Crippen LogP contribution in [-0.2, 0) is 29.9 Å². The summed E-state index contributed by atoms with van der Waals surface area (Å²) in [5.74, 6) is 0.816. The molecule has 1 aromatic carbocycles. The van der Waals surface area contributed by atoms with Gasteiger partial charge in [-0.05, 0) is 50.2 Å². The average molecular weight is 413 g/mol. The highest BCUT2D eigenvalue weighted by Gasteiger charge is 2.25. The topological polar surface area (TPSA) is 44.1 Å². The number of rotatable bonds is 5. The Morgan fingerprint density at radius 1 is 1.32 bits per heavy atom. The molecule has 5 rings (SSSR count). The zero-order valence-corrected chi connectivity index (χ0v) is 17.7. The molecule has 3 heterocycles. The van der Waals surface area contributed by atoms with E-state index in [1.54, 1.807) is 23.1 Å². The van der Waals surface area contributed by atoms with Crippen LogP contribution in [0.15, 0.2) is 34.2 Å². The Hall–Kier alpha value is -1.63. The van der Waals surface area contributed by atoms with Gasteiger partial charge in [-0.3, -0.25) is 9.36 Å².